The van der Waals surface area contributed by atoms with Gasteiger partial charge < -0.3 is 0 Å². The lowest BCUT2D eigenvalue weighted by atomic mass is 9.96. The summed E-state index contributed by atoms with van der Waals surface area (Å²) in [5.41, 5.74) is 4.47. The van der Waals surface area contributed by atoms with E-state index in [9.17, 15) is 0 Å². The third kappa shape index (κ3) is 3.24. The van der Waals surface area contributed by atoms with Gasteiger partial charge in [0.2, 0.25) is 0 Å². The fraction of sp³-hybridized carbons (Fsp3) is 0. The monoisotopic (exact) mass is 417 g/mol. The molecule has 7 heteroatoms. The highest BCUT2D eigenvalue weighted by Crippen LogP contribution is 2.37. The normalized spacial score (nSPS) is 11.1. The van der Waals surface area contributed by atoms with Crippen LogP contribution in [-0.2, 0) is 0 Å². The number of fused-ring (bicyclic) bond motifs is 1. The van der Waals surface area contributed by atoms with E-state index in [-0.39, 0.29) is 0 Å². The average molecular weight is 418 g/mol. The van der Waals surface area contributed by atoms with E-state index < -0.39 is 0 Å². The fourth-order valence-electron chi connectivity index (χ4n) is 3.36. The molecule has 2 heterocycles. The number of nitrogens with zero attached hydrogens (tertiary/aromatic N) is 5. The Balaban J connectivity index is 1.81. The molecule has 0 radical (unpaired) electrons. The van der Waals surface area contributed by atoms with Crippen LogP contribution < -0.4 is 0 Å². The van der Waals surface area contributed by atoms with Crippen molar-refractivity contribution in [1.82, 2.24) is 25.2 Å². The summed E-state index contributed by atoms with van der Waals surface area (Å²) < 4.78 is 1.68. The minimum atomic E-state index is 0.584. The Kier molecular flexibility index (Phi) is 4.46. The van der Waals surface area contributed by atoms with E-state index in [1.807, 2.05) is 48.5 Å². The molecule has 0 aliphatic carbocycles. The number of aromatic nitrogens is 5. The van der Waals surface area contributed by atoms with Gasteiger partial charge in [0, 0.05) is 32.8 Å². The van der Waals surface area contributed by atoms with E-state index in [1.54, 1.807) is 23.0 Å². The topological polar surface area (TPSA) is 56.5 Å². The van der Waals surface area contributed by atoms with Crippen LogP contribution in [0.4, 0.5) is 0 Å². The van der Waals surface area contributed by atoms with Crippen LogP contribution in [0.5, 0.6) is 0 Å². The molecule has 29 heavy (non-hydrogen) atoms. The average Bonchev–Trinajstić information content (AvgIpc) is 3.23. The summed E-state index contributed by atoms with van der Waals surface area (Å²) in [6.45, 7) is 0. The summed E-state index contributed by atoms with van der Waals surface area (Å²) in [6, 6.07) is 23.1. The molecule has 0 N–H and O–H groups in total. The standard InChI is InChI=1S/C22H13Cl2N5/c23-15-6-9-17(10-7-15)29-22(26-27-28-29)19-13-25-20-11-8-16(24)12-18(20)21(19)14-4-2-1-3-5-14/h1-13H. The summed E-state index contributed by atoms with van der Waals surface area (Å²) in [4.78, 5) is 4.62. The van der Waals surface area contributed by atoms with Crippen molar-refractivity contribution < 1.29 is 0 Å². The predicted molar refractivity (Wildman–Crippen MR) is 115 cm³/mol. The van der Waals surface area contributed by atoms with E-state index in [0.717, 1.165) is 33.3 Å². The first-order valence-corrected chi connectivity index (χ1v) is 9.65. The van der Waals surface area contributed by atoms with E-state index in [2.05, 4.69) is 32.6 Å². The largest absolute Gasteiger partial charge is 0.255 e. The highest BCUT2D eigenvalue weighted by Gasteiger charge is 2.19. The predicted octanol–water partition coefficient (Wildman–Crippen LogP) is 5.85. The first-order chi connectivity index (χ1) is 14.2. The summed E-state index contributed by atoms with van der Waals surface area (Å²) in [5.74, 6) is 0.584. The molecule has 0 amide bonds. The molecule has 3 aromatic carbocycles. The minimum Gasteiger partial charge on any atom is -0.255 e. The summed E-state index contributed by atoms with van der Waals surface area (Å²) in [5, 5.41) is 14.6. The maximum Gasteiger partial charge on any atom is 0.189 e. The number of halogens is 2. The molecule has 0 saturated carbocycles. The molecule has 0 bridgehead atoms. The molecule has 0 spiro atoms. The second-order valence-electron chi connectivity index (χ2n) is 6.47. The van der Waals surface area contributed by atoms with Gasteiger partial charge >= 0.3 is 0 Å². The lowest BCUT2D eigenvalue weighted by molar-refractivity contribution is 0.791. The van der Waals surface area contributed by atoms with Crippen molar-refractivity contribution in [2.45, 2.75) is 0 Å². The van der Waals surface area contributed by atoms with Crippen molar-refractivity contribution in [3.63, 3.8) is 0 Å². The number of hydrogen-bond donors (Lipinski definition) is 0. The molecule has 5 rings (SSSR count). The van der Waals surface area contributed by atoms with Gasteiger partial charge in [0.1, 0.15) is 0 Å². The van der Waals surface area contributed by atoms with Gasteiger partial charge in [0.05, 0.1) is 11.2 Å². The van der Waals surface area contributed by atoms with Crippen molar-refractivity contribution in [3.05, 3.63) is 89.0 Å². The van der Waals surface area contributed by atoms with Crippen LogP contribution >= 0.6 is 23.2 Å². The van der Waals surface area contributed by atoms with E-state index in [1.165, 1.54) is 0 Å². The quantitative estimate of drug-likeness (QED) is 0.369. The van der Waals surface area contributed by atoms with Crippen LogP contribution in [-0.4, -0.2) is 25.2 Å². The van der Waals surface area contributed by atoms with Crippen LogP contribution in [0.2, 0.25) is 10.0 Å². The van der Waals surface area contributed by atoms with Crippen LogP contribution in [0.25, 0.3) is 39.1 Å². The second kappa shape index (κ2) is 7.28. The first-order valence-electron chi connectivity index (χ1n) is 8.89. The van der Waals surface area contributed by atoms with Crippen molar-refractivity contribution in [2.24, 2.45) is 0 Å². The molecule has 140 valence electrons. The van der Waals surface area contributed by atoms with E-state index >= 15 is 0 Å². The lowest BCUT2D eigenvalue weighted by Crippen LogP contribution is -2.01. The van der Waals surface area contributed by atoms with Crippen molar-refractivity contribution in [1.29, 1.82) is 0 Å². The molecule has 2 aromatic heterocycles. The summed E-state index contributed by atoms with van der Waals surface area (Å²) in [7, 11) is 0. The Bertz CT molecular complexity index is 1310. The zero-order valence-electron chi connectivity index (χ0n) is 15.0. The SMILES string of the molecule is Clc1ccc(-n2nnnc2-c2cnc3ccc(Cl)cc3c2-c2ccccc2)cc1. The molecule has 0 atom stereocenters. The maximum atomic E-state index is 6.31. The van der Waals surface area contributed by atoms with Crippen molar-refractivity contribution >= 4 is 34.1 Å². The van der Waals surface area contributed by atoms with Crippen molar-refractivity contribution in [3.8, 4) is 28.2 Å². The molecule has 0 aliphatic heterocycles. The number of pyridine rings is 1. The Labute approximate surface area is 176 Å². The van der Waals surface area contributed by atoms with E-state index in [0.29, 0.717) is 15.9 Å². The molecule has 0 fully saturated rings. The lowest BCUT2D eigenvalue weighted by Gasteiger charge is -2.13. The highest BCUT2D eigenvalue weighted by molar-refractivity contribution is 6.31. The number of hydrogen-bond acceptors (Lipinski definition) is 4. The van der Waals surface area contributed by atoms with Crippen LogP contribution in [0.1, 0.15) is 0 Å². The third-order valence-electron chi connectivity index (χ3n) is 4.67. The Hall–Kier alpha value is -3.28. The van der Waals surface area contributed by atoms with Gasteiger partial charge in [-0.05, 0) is 58.5 Å². The van der Waals surface area contributed by atoms with Crippen molar-refractivity contribution in [2.75, 3.05) is 0 Å². The van der Waals surface area contributed by atoms with Gasteiger partial charge in [-0.3, -0.25) is 4.98 Å². The van der Waals surface area contributed by atoms with Gasteiger partial charge in [0.25, 0.3) is 0 Å². The molecule has 0 aliphatic rings. The summed E-state index contributed by atoms with van der Waals surface area (Å²) >= 11 is 12.3. The van der Waals surface area contributed by atoms with Crippen LogP contribution in [0.3, 0.4) is 0 Å². The highest BCUT2D eigenvalue weighted by atomic mass is 35.5. The summed E-state index contributed by atoms with van der Waals surface area (Å²) in [6.07, 6.45) is 1.80. The van der Waals surface area contributed by atoms with E-state index in [4.69, 9.17) is 23.2 Å². The minimum absolute atomic E-state index is 0.584. The zero-order valence-corrected chi connectivity index (χ0v) is 16.5. The zero-order chi connectivity index (χ0) is 19.8. The number of rotatable bonds is 3. The van der Waals surface area contributed by atoms with Gasteiger partial charge in [-0.25, -0.2) is 0 Å². The first kappa shape index (κ1) is 17.8. The van der Waals surface area contributed by atoms with Gasteiger partial charge in [0.15, 0.2) is 5.82 Å². The smallest absolute Gasteiger partial charge is 0.189 e. The molecular weight excluding hydrogens is 405 g/mol. The maximum absolute atomic E-state index is 6.31. The Morgan fingerprint density at radius 2 is 1.55 bits per heavy atom. The second-order valence-corrected chi connectivity index (χ2v) is 7.34. The molecule has 5 nitrogen and oxygen atoms in total. The number of tetrazole rings is 1. The molecule has 0 unspecified atom stereocenters. The number of benzene rings is 3. The third-order valence-corrected chi connectivity index (χ3v) is 5.16. The van der Waals surface area contributed by atoms with Gasteiger partial charge in [-0.2, -0.15) is 4.68 Å². The van der Waals surface area contributed by atoms with Crippen LogP contribution in [0, 0.1) is 0 Å². The molecular formula is C22H13Cl2N5. The Morgan fingerprint density at radius 1 is 0.793 bits per heavy atom. The van der Waals surface area contributed by atoms with Gasteiger partial charge in [-0.15, -0.1) is 5.10 Å². The molecule has 5 aromatic rings. The van der Waals surface area contributed by atoms with Crippen LogP contribution in [0.15, 0.2) is 79.0 Å². The Morgan fingerprint density at radius 3 is 2.34 bits per heavy atom. The fourth-order valence-corrected chi connectivity index (χ4v) is 3.66. The van der Waals surface area contributed by atoms with Gasteiger partial charge in [-0.1, -0.05) is 53.5 Å². The molecule has 0 saturated heterocycles.